The number of nitro benzene ring substituents is 1. The van der Waals surface area contributed by atoms with E-state index in [0.717, 1.165) is 0 Å². The quantitative estimate of drug-likeness (QED) is 0.427. The molecule has 1 amide bonds. The third kappa shape index (κ3) is 2.50. The Kier molecular flexibility index (Phi) is 3.39. The Morgan fingerprint density at radius 2 is 2.21 bits per heavy atom. The number of carbonyl (C=O) groups excluding carboxylic acids is 1. The summed E-state index contributed by atoms with van der Waals surface area (Å²) in [5.41, 5.74) is 1.67. The summed E-state index contributed by atoms with van der Waals surface area (Å²) in [6.07, 6.45) is 1.27. The van der Waals surface area contributed by atoms with Crippen LogP contribution >= 0.6 is 0 Å². The number of nitrogens with two attached hydrogens (primary N) is 1. The topological polar surface area (TPSA) is 136 Å². The maximum Gasteiger partial charge on any atom is 0.306 e. The third-order valence-electron chi connectivity index (χ3n) is 2.30. The van der Waals surface area contributed by atoms with Crippen LogP contribution in [0.2, 0.25) is 0 Å². The number of rotatable bonds is 4. The lowest BCUT2D eigenvalue weighted by Crippen LogP contribution is -2.16. The van der Waals surface area contributed by atoms with Crippen LogP contribution in [0.5, 0.6) is 0 Å². The number of benzene rings is 1. The molecule has 0 bridgehead atoms. The van der Waals surface area contributed by atoms with Gasteiger partial charge in [-0.2, -0.15) is 0 Å². The highest BCUT2D eigenvalue weighted by molar-refractivity contribution is 6.08. The van der Waals surface area contributed by atoms with Crippen molar-refractivity contribution < 1.29 is 14.2 Å². The molecule has 9 heteroatoms. The van der Waals surface area contributed by atoms with E-state index in [1.165, 1.54) is 30.5 Å². The lowest BCUT2D eigenvalue weighted by Gasteiger charge is -2.06. The lowest BCUT2D eigenvalue weighted by atomic mass is 10.1. The van der Waals surface area contributed by atoms with Gasteiger partial charge in [0.15, 0.2) is 5.82 Å². The lowest BCUT2D eigenvalue weighted by molar-refractivity contribution is -0.384. The van der Waals surface area contributed by atoms with Gasteiger partial charge in [-0.25, -0.2) is 0 Å². The second-order valence-electron chi connectivity index (χ2n) is 3.44. The molecule has 0 radical (unpaired) electrons. The molecule has 1 aromatic heterocycles. The van der Waals surface area contributed by atoms with E-state index in [1.54, 1.807) is 0 Å². The fraction of sp³-hybridized carbons (Fsp3) is 0. The molecule has 0 spiro atoms. The zero-order valence-electron chi connectivity index (χ0n) is 9.49. The summed E-state index contributed by atoms with van der Waals surface area (Å²) >= 11 is 0. The second-order valence-corrected chi connectivity index (χ2v) is 3.44. The van der Waals surface area contributed by atoms with E-state index in [1.807, 2.05) is 0 Å². The molecular weight excluding hydrogens is 254 g/mol. The van der Waals surface area contributed by atoms with Crippen molar-refractivity contribution in [1.82, 2.24) is 5.16 Å². The molecule has 2 aromatic rings. The van der Waals surface area contributed by atoms with E-state index in [9.17, 15) is 14.9 Å². The average molecular weight is 263 g/mol. The molecule has 98 valence electrons. The van der Waals surface area contributed by atoms with Gasteiger partial charge in [-0.05, 0) is 12.1 Å². The second kappa shape index (κ2) is 5.14. The number of anilines is 2. The molecule has 0 fully saturated rings. The molecule has 0 saturated carbocycles. The van der Waals surface area contributed by atoms with Gasteiger partial charge >= 0.3 is 5.69 Å². The summed E-state index contributed by atoms with van der Waals surface area (Å²) in [5, 5.41) is 16.9. The number of nitrogens with zero attached hydrogens (tertiary/aromatic N) is 2. The minimum absolute atomic E-state index is 0.0396. The van der Waals surface area contributed by atoms with Gasteiger partial charge in [0.1, 0.15) is 17.5 Å². The smallest absolute Gasteiger partial charge is 0.306 e. The Morgan fingerprint density at radius 3 is 2.79 bits per heavy atom. The minimum atomic E-state index is -0.688. The average Bonchev–Trinajstić information content (AvgIpc) is 2.90. The fourth-order valence-corrected chi connectivity index (χ4v) is 1.50. The number of hydrogen-bond acceptors (Lipinski definition) is 7. The number of para-hydroxylation sites is 1. The zero-order valence-corrected chi connectivity index (χ0v) is 9.49. The van der Waals surface area contributed by atoms with Gasteiger partial charge in [0, 0.05) is 6.07 Å². The molecule has 0 saturated heterocycles. The Bertz CT molecular complexity index is 610. The van der Waals surface area contributed by atoms with Gasteiger partial charge in [0.25, 0.3) is 5.91 Å². The molecule has 0 aliphatic carbocycles. The molecule has 1 aromatic carbocycles. The van der Waals surface area contributed by atoms with Crippen LogP contribution in [-0.2, 0) is 0 Å². The van der Waals surface area contributed by atoms with Crippen molar-refractivity contribution in [2.45, 2.75) is 0 Å². The van der Waals surface area contributed by atoms with Crippen molar-refractivity contribution in [2.24, 2.45) is 5.84 Å². The van der Waals surface area contributed by atoms with Crippen molar-refractivity contribution in [1.29, 1.82) is 0 Å². The Morgan fingerprint density at radius 1 is 1.42 bits per heavy atom. The molecule has 0 aliphatic heterocycles. The number of hydrazine groups is 1. The highest BCUT2D eigenvalue weighted by Crippen LogP contribution is 2.28. The maximum absolute atomic E-state index is 11.9. The monoisotopic (exact) mass is 263 g/mol. The van der Waals surface area contributed by atoms with Crippen LogP contribution in [0, 0.1) is 10.1 Å². The number of nitrogens with one attached hydrogen (secondary N) is 2. The first-order valence-electron chi connectivity index (χ1n) is 5.09. The molecule has 9 nitrogen and oxygen atoms in total. The largest absolute Gasteiger partial charge is 0.363 e. The Labute approximate surface area is 106 Å². The van der Waals surface area contributed by atoms with E-state index < -0.39 is 16.5 Å². The van der Waals surface area contributed by atoms with Crippen molar-refractivity contribution in [3.05, 3.63) is 46.2 Å². The van der Waals surface area contributed by atoms with Crippen LogP contribution in [0.25, 0.3) is 0 Å². The summed E-state index contributed by atoms with van der Waals surface area (Å²) in [6, 6.07) is 5.59. The summed E-state index contributed by atoms with van der Waals surface area (Å²) in [4.78, 5) is 22.3. The van der Waals surface area contributed by atoms with Crippen molar-refractivity contribution in [2.75, 3.05) is 10.7 Å². The van der Waals surface area contributed by atoms with E-state index in [4.69, 9.17) is 5.84 Å². The Hall–Kier alpha value is -2.94. The summed E-state index contributed by atoms with van der Waals surface area (Å²) in [6.45, 7) is 0. The van der Waals surface area contributed by atoms with Gasteiger partial charge in [-0.1, -0.05) is 11.2 Å². The fourth-order valence-electron chi connectivity index (χ4n) is 1.50. The van der Waals surface area contributed by atoms with E-state index >= 15 is 0 Å². The van der Waals surface area contributed by atoms with Crippen LogP contribution in [0.4, 0.5) is 17.2 Å². The van der Waals surface area contributed by atoms with Gasteiger partial charge in [0.05, 0.1) is 4.92 Å². The number of carbonyl (C=O) groups is 1. The van der Waals surface area contributed by atoms with Crippen molar-refractivity contribution in [3.63, 3.8) is 0 Å². The summed E-state index contributed by atoms with van der Waals surface area (Å²) < 4.78 is 4.54. The van der Waals surface area contributed by atoms with E-state index in [-0.39, 0.29) is 17.1 Å². The number of aromatic nitrogens is 1. The van der Waals surface area contributed by atoms with E-state index in [0.29, 0.717) is 0 Å². The van der Waals surface area contributed by atoms with Crippen LogP contribution in [0.1, 0.15) is 10.4 Å². The van der Waals surface area contributed by atoms with Crippen LogP contribution in [0.15, 0.2) is 35.1 Å². The normalized spacial score (nSPS) is 9.95. The summed E-state index contributed by atoms with van der Waals surface area (Å²) in [5.74, 6) is 4.66. The third-order valence-corrected chi connectivity index (χ3v) is 2.30. The van der Waals surface area contributed by atoms with Gasteiger partial charge in [0.2, 0.25) is 0 Å². The van der Waals surface area contributed by atoms with Crippen LogP contribution in [0.3, 0.4) is 0 Å². The zero-order chi connectivity index (χ0) is 13.8. The summed E-state index contributed by atoms with van der Waals surface area (Å²) in [7, 11) is 0. The van der Waals surface area contributed by atoms with Crippen LogP contribution in [-0.4, -0.2) is 16.0 Å². The number of nitrogen functional groups attached to an aromatic ring is 1. The first-order valence-corrected chi connectivity index (χ1v) is 5.09. The predicted molar refractivity (Wildman–Crippen MR) is 65.4 cm³/mol. The molecule has 2 rings (SSSR count). The SMILES string of the molecule is NNc1cccc(C(=O)Nc2ccon2)c1[N+](=O)[O-]. The Balaban J connectivity index is 2.38. The first kappa shape index (κ1) is 12.5. The number of amides is 1. The van der Waals surface area contributed by atoms with Gasteiger partial charge in [-0.3, -0.25) is 20.8 Å². The molecule has 19 heavy (non-hydrogen) atoms. The van der Waals surface area contributed by atoms with Crippen molar-refractivity contribution >= 4 is 23.1 Å². The van der Waals surface area contributed by atoms with Crippen molar-refractivity contribution in [3.8, 4) is 0 Å². The molecule has 0 aliphatic rings. The molecule has 4 N–H and O–H groups in total. The molecular formula is C10H9N5O4. The molecule has 1 heterocycles. The predicted octanol–water partition coefficient (Wildman–Crippen LogP) is 1.12. The minimum Gasteiger partial charge on any atom is -0.363 e. The number of hydrogen-bond donors (Lipinski definition) is 3. The highest BCUT2D eigenvalue weighted by Gasteiger charge is 2.24. The molecule has 0 unspecified atom stereocenters. The van der Waals surface area contributed by atoms with Gasteiger partial charge < -0.3 is 15.3 Å². The number of nitro groups is 1. The standard InChI is InChI=1S/C10H9N5O4/c11-13-7-3-1-2-6(9(7)15(17)18)10(16)12-8-4-5-19-14-8/h1-5,13H,11H2,(H,12,14,16). The highest BCUT2D eigenvalue weighted by atomic mass is 16.6. The van der Waals surface area contributed by atoms with E-state index in [2.05, 4.69) is 20.4 Å². The van der Waals surface area contributed by atoms with Gasteiger partial charge in [-0.15, -0.1) is 0 Å². The maximum atomic E-state index is 11.9. The molecule has 0 atom stereocenters. The first-order chi connectivity index (χ1) is 9.13. The van der Waals surface area contributed by atoms with Crippen LogP contribution < -0.4 is 16.6 Å².